The summed E-state index contributed by atoms with van der Waals surface area (Å²) < 4.78 is 7.33. The Hall–Kier alpha value is -2.73. The van der Waals surface area contributed by atoms with E-state index in [1.165, 1.54) is 16.5 Å². The van der Waals surface area contributed by atoms with Crippen LogP contribution >= 0.6 is 15.9 Å². The van der Waals surface area contributed by atoms with Crippen molar-refractivity contribution in [1.29, 1.82) is 0 Å². The van der Waals surface area contributed by atoms with Gasteiger partial charge >= 0.3 is 5.97 Å². The lowest BCUT2D eigenvalue weighted by Crippen LogP contribution is -2.16. The molecule has 3 aromatic rings. The number of hydrogen-bond donors (Lipinski definition) is 0. The van der Waals surface area contributed by atoms with Crippen molar-refractivity contribution in [3.05, 3.63) is 86.9 Å². The van der Waals surface area contributed by atoms with E-state index in [1.54, 1.807) is 24.4 Å². The summed E-state index contributed by atoms with van der Waals surface area (Å²) in [5.41, 5.74) is 1.58. The molecule has 3 rings (SSSR count). The highest BCUT2D eigenvalue weighted by Gasteiger charge is 2.05. The lowest BCUT2D eigenvalue weighted by molar-refractivity contribution is -0.139. The molecule has 2 aromatic heterocycles. The second kappa shape index (κ2) is 7.23. The third kappa shape index (κ3) is 3.97. The van der Waals surface area contributed by atoms with E-state index in [1.807, 2.05) is 30.3 Å². The summed E-state index contributed by atoms with van der Waals surface area (Å²) in [6.45, 7) is -0.0558. The van der Waals surface area contributed by atoms with E-state index < -0.39 is 5.97 Å². The van der Waals surface area contributed by atoms with E-state index in [4.69, 9.17) is 4.74 Å². The van der Waals surface area contributed by atoms with E-state index >= 15 is 0 Å². The largest absolute Gasteiger partial charge is 0.456 e. The third-order valence-corrected chi connectivity index (χ3v) is 3.72. The van der Waals surface area contributed by atoms with Crippen LogP contribution in [-0.4, -0.2) is 15.4 Å². The van der Waals surface area contributed by atoms with Crippen molar-refractivity contribution in [2.45, 2.75) is 6.61 Å². The number of esters is 1. The van der Waals surface area contributed by atoms with Crippen molar-refractivity contribution >= 4 is 33.6 Å². The van der Waals surface area contributed by atoms with Crippen LogP contribution in [0.3, 0.4) is 0 Å². The molecule has 0 N–H and O–H groups in total. The molecule has 5 nitrogen and oxygen atoms in total. The van der Waals surface area contributed by atoms with Crippen LogP contribution < -0.4 is 5.56 Å². The number of hydrogen-bond acceptors (Lipinski definition) is 4. The molecule has 0 radical (unpaired) electrons. The molecule has 6 heteroatoms. The van der Waals surface area contributed by atoms with Gasteiger partial charge in [0.15, 0.2) is 0 Å². The van der Waals surface area contributed by atoms with E-state index in [-0.39, 0.29) is 12.2 Å². The molecule has 0 saturated carbocycles. The van der Waals surface area contributed by atoms with Crippen LogP contribution in [0.15, 0.2) is 70.1 Å². The van der Waals surface area contributed by atoms with Crippen LogP contribution in [-0.2, 0) is 16.1 Å². The quantitative estimate of drug-likeness (QED) is 0.511. The first kappa shape index (κ1) is 16.1. The molecule has 120 valence electrons. The van der Waals surface area contributed by atoms with Gasteiger partial charge in [0.2, 0.25) is 0 Å². The summed E-state index contributed by atoms with van der Waals surface area (Å²) in [6.07, 6.45) is 4.66. The highest BCUT2D eigenvalue weighted by Crippen LogP contribution is 2.10. The van der Waals surface area contributed by atoms with Crippen LogP contribution in [0.2, 0.25) is 0 Å². The molecule has 0 unspecified atom stereocenters. The highest BCUT2D eigenvalue weighted by molar-refractivity contribution is 9.10. The molecular formula is C18H13BrN2O3. The molecule has 0 spiro atoms. The SMILES string of the molecule is O=C(C=Cc1ccccc1)OCc1cc(=O)n2cc(Br)ccc2n1. The van der Waals surface area contributed by atoms with Crippen LogP contribution in [0.25, 0.3) is 11.7 Å². The third-order valence-electron chi connectivity index (χ3n) is 3.25. The Morgan fingerprint density at radius 3 is 2.79 bits per heavy atom. The molecular weight excluding hydrogens is 372 g/mol. The number of nitrogens with zero attached hydrogens (tertiary/aromatic N) is 2. The number of aromatic nitrogens is 2. The van der Waals surface area contributed by atoms with Gasteiger partial charge in [0.1, 0.15) is 12.3 Å². The summed E-state index contributed by atoms with van der Waals surface area (Å²) in [4.78, 5) is 28.1. The zero-order valence-corrected chi connectivity index (χ0v) is 14.1. The maximum atomic E-state index is 12.1. The first-order valence-electron chi connectivity index (χ1n) is 7.19. The Morgan fingerprint density at radius 1 is 1.21 bits per heavy atom. The van der Waals surface area contributed by atoms with E-state index in [2.05, 4.69) is 20.9 Å². The molecule has 0 aliphatic carbocycles. The fraction of sp³-hybridized carbons (Fsp3) is 0.0556. The molecule has 0 atom stereocenters. The van der Waals surface area contributed by atoms with Crippen LogP contribution in [0, 0.1) is 0 Å². The maximum absolute atomic E-state index is 12.1. The van der Waals surface area contributed by atoms with E-state index in [0.717, 1.165) is 10.0 Å². The normalized spacial score (nSPS) is 11.0. The molecule has 1 aromatic carbocycles. The van der Waals surface area contributed by atoms with Crippen molar-refractivity contribution in [3.63, 3.8) is 0 Å². The maximum Gasteiger partial charge on any atom is 0.331 e. The molecule has 0 saturated heterocycles. The number of carbonyl (C=O) groups is 1. The van der Waals surface area contributed by atoms with E-state index in [9.17, 15) is 9.59 Å². The molecule has 0 fully saturated rings. The molecule has 2 heterocycles. The van der Waals surface area contributed by atoms with Gasteiger partial charge in [-0.3, -0.25) is 9.20 Å². The minimum Gasteiger partial charge on any atom is -0.456 e. The van der Waals surface area contributed by atoms with E-state index in [0.29, 0.717) is 11.3 Å². The Labute approximate surface area is 146 Å². The molecule has 24 heavy (non-hydrogen) atoms. The van der Waals surface area contributed by atoms with Gasteiger partial charge in [-0.1, -0.05) is 30.3 Å². The predicted octanol–water partition coefficient (Wildman–Crippen LogP) is 3.21. The zero-order valence-electron chi connectivity index (χ0n) is 12.6. The first-order valence-corrected chi connectivity index (χ1v) is 7.99. The number of pyridine rings is 1. The van der Waals surface area contributed by atoms with Crippen LogP contribution in [0.4, 0.5) is 0 Å². The Morgan fingerprint density at radius 2 is 2.00 bits per heavy atom. The van der Waals surface area contributed by atoms with Gasteiger partial charge < -0.3 is 4.74 Å². The average molecular weight is 385 g/mol. The summed E-state index contributed by atoms with van der Waals surface area (Å²) in [7, 11) is 0. The van der Waals surface area contributed by atoms with Gasteiger partial charge in [-0.25, -0.2) is 9.78 Å². The number of halogens is 1. The van der Waals surface area contributed by atoms with Gasteiger partial charge in [0, 0.05) is 22.8 Å². The number of fused-ring (bicyclic) bond motifs is 1. The van der Waals surface area contributed by atoms with Crippen LogP contribution in [0.1, 0.15) is 11.3 Å². The summed E-state index contributed by atoms with van der Waals surface area (Å²) >= 11 is 3.31. The fourth-order valence-electron chi connectivity index (χ4n) is 2.12. The van der Waals surface area contributed by atoms with Gasteiger partial charge in [-0.05, 0) is 39.7 Å². The molecule has 0 aliphatic heterocycles. The lowest BCUT2D eigenvalue weighted by atomic mass is 10.2. The molecule has 0 aliphatic rings. The van der Waals surface area contributed by atoms with Crippen molar-refractivity contribution in [2.75, 3.05) is 0 Å². The van der Waals surface area contributed by atoms with Crippen molar-refractivity contribution in [2.24, 2.45) is 0 Å². The summed E-state index contributed by atoms with van der Waals surface area (Å²) in [5.74, 6) is -0.489. The molecule has 0 amide bonds. The van der Waals surface area contributed by atoms with Gasteiger partial charge in [-0.2, -0.15) is 0 Å². The lowest BCUT2D eigenvalue weighted by Gasteiger charge is -2.05. The van der Waals surface area contributed by atoms with Gasteiger partial charge in [0.05, 0.1) is 5.69 Å². The smallest absolute Gasteiger partial charge is 0.331 e. The minimum absolute atomic E-state index is 0.0558. The van der Waals surface area contributed by atoms with Crippen molar-refractivity contribution in [1.82, 2.24) is 9.38 Å². The van der Waals surface area contributed by atoms with Gasteiger partial charge in [0.25, 0.3) is 5.56 Å². The zero-order chi connectivity index (χ0) is 16.9. The van der Waals surface area contributed by atoms with Crippen molar-refractivity contribution in [3.8, 4) is 0 Å². The Balaban J connectivity index is 1.69. The summed E-state index contributed by atoms with van der Waals surface area (Å²) in [5, 5.41) is 0. The van der Waals surface area contributed by atoms with Crippen LogP contribution in [0.5, 0.6) is 0 Å². The van der Waals surface area contributed by atoms with Gasteiger partial charge in [-0.15, -0.1) is 0 Å². The number of rotatable bonds is 4. The average Bonchev–Trinajstić information content (AvgIpc) is 2.60. The Kier molecular flexibility index (Phi) is 4.86. The number of carbonyl (C=O) groups excluding carboxylic acids is 1. The second-order valence-electron chi connectivity index (χ2n) is 5.01. The molecule has 0 bridgehead atoms. The standard InChI is InChI=1S/C18H13BrN2O3/c19-14-7-8-16-20-15(10-17(22)21(16)11-14)12-24-18(23)9-6-13-4-2-1-3-5-13/h1-11H,12H2. The fourth-order valence-corrected chi connectivity index (χ4v) is 2.46. The number of benzene rings is 1. The topological polar surface area (TPSA) is 60.7 Å². The second-order valence-corrected chi connectivity index (χ2v) is 5.93. The minimum atomic E-state index is -0.489. The predicted molar refractivity (Wildman–Crippen MR) is 94.4 cm³/mol. The van der Waals surface area contributed by atoms with Crippen molar-refractivity contribution < 1.29 is 9.53 Å². The number of ether oxygens (including phenoxy) is 1. The monoisotopic (exact) mass is 384 g/mol. The summed E-state index contributed by atoms with van der Waals surface area (Å²) in [6, 6.07) is 14.3. The highest BCUT2D eigenvalue weighted by atomic mass is 79.9. The Bertz CT molecular complexity index is 965. The first-order chi connectivity index (χ1) is 11.6.